The Morgan fingerprint density at radius 1 is 1.36 bits per heavy atom. The van der Waals surface area contributed by atoms with Crippen molar-refractivity contribution in [1.29, 1.82) is 0 Å². The number of rotatable bonds is 2. The van der Waals surface area contributed by atoms with Crippen molar-refractivity contribution in [2.75, 3.05) is 0 Å². The maximum atomic E-state index is 11.9. The highest BCUT2D eigenvalue weighted by Crippen LogP contribution is 2.30. The first kappa shape index (κ1) is 11.3. The quantitative estimate of drug-likeness (QED) is 0.817. The summed E-state index contributed by atoms with van der Waals surface area (Å²) in [6, 6.07) is 5.75. The van der Waals surface area contributed by atoms with E-state index < -0.39 is 18.7 Å². The molecule has 1 aromatic rings. The topological polar surface area (TPSA) is 20.2 Å². The zero-order valence-corrected chi connectivity index (χ0v) is 7.81. The van der Waals surface area contributed by atoms with Gasteiger partial charge in [-0.05, 0) is 17.7 Å². The molecule has 14 heavy (non-hydrogen) atoms. The van der Waals surface area contributed by atoms with Crippen LogP contribution in [0.1, 0.15) is 18.1 Å². The molecule has 0 aliphatic heterocycles. The predicted molar refractivity (Wildman–Crippen MR) is 47.1 cm³/mol. The number of hydrogen-bond donors (Lipinski definition) is 1. The summed E-state index contributed by atoms with van der Waals surface area (Å²) in [4.78, 5) is 0. The van der Waals surface area contributed by atoms with Gasteiger partial charge in [0.05, 0.1) is 12.5 Å². The third-order valence-corrected chi connectivity index (χ3v) is 1.89. The fourth-order valence-electron chi connectivity index (χ4n) is 1.05. The normalized spacial score (nSPS) is 14.1. The van der Waals surface area contributed by atoms with Crippen molar-refractivity contribution >= 4 is 11.6 Å². The molecule has 0 saturated heterocycles. The second-order valence-electron chi connectivity index (χ2n) is 2.89. The van der Waals surface area contributed by atoms with E-state index in [0.29, 0.717) is 5.02 Å². The lowest BCUT2D eigenvalue weighted by atomic mass is 10.1. The van der Waals surface area contributed by atoms with Crippen molar-refractivity contribution in [2.45, 2.75) is 18.7 Å². The largest absolute Gasteiger partial charge is 0.391 e. The molecule has 1 atom stereocenters. The van der Waals surface area contributed by atoms with E-state index in [1.54, 1.807) is 0 Å². The van der Waals surface area contributed by atoms with Gasteiger partial charge in [0.2, 0.25) is 0 Å². The van der Waals surface area contributed by atoms with Crippen LogP contribution in [0, 0.1) is 0 Å². The minimum atomic E-state index is -4.37. The number of halogens is 4. The minimum absolute atomic E-state index is 0.176. The smallest absolute Gasteiger partial charge is 0.388 e. The van der Waals surface area contributed by atoms with Gasteiger partial charge in [0.15, 0.2) is 0 Å². The molecule has 0 radical (unpaired) electrons. The Morgan fingerprint density at radius 3 is 2.50 bits per heavy atom. The predicted octanol–water partition coefficient (Wildman–Crippen LogP) is 3.33. The van der Waals surface area contributed by atoms with Crippen molar-refractivity contribution < 1.29 is 18.3 Å². The van der Waals surface area contributed by atoms with Crippen LogP contribution >= 0.6 is 11.6 Å². The Kier molecular flexibility index (Phi) is 3.39. The molecular formula is C9H8ClF3O. The van der Waals surface area contributed by atoms with Crippen LogP contribution in [-0.4, -0.2) is 11.3 Å². The van der Waals surface area contributed by atoms with Crippen molar-refractivity contribution in [1.82, 2.24) is 0 Å². The zero-order chi connectivity index (χ0) is 10.8. The summed E-state index contributed by atoms with van der Waals surface area (Å²) in [6.45, 7) is 0. The summed E-state index contributed by atoms with van der Waals surface area (Å²) in [5, 5.41) is 9.51. The Balaban J connectivity index is 2.74. The molecule has 5 heteroatoms. The maximum absolute atomic E-state index is 11.9. The molecule has 1 rings (SSSR count). The Morgan fingerprint density at radius 2 is 2.00 bits per heavy atom. The van der Waals surface area contributed by atoms with Crippen molar-refractivity contribution in [2.24, 2.45) is 0 Å². The van der Waals surface area contributed by atoms with Crippen molar-refractivity contribution in [3.63, 3.8) is 0 Å². The Hall–Kier alpha value is -0.740. The summed E-state index contributed by atoms with van der Waals surface area (Å²) in [5.74, 6) is 0. The van der Waals surface area contributed by atoms with Gasteiger partial charge in [-0.1, -0.05) is 23.7 Å². The lowest BCUT2D eigenvalue weighted by molar-refractivity contribution is -0.154. The molecule has 0 bridgehead atoms. The summed E-state index contributed by atoms with van der Waals surface area (Å²) in [5.41, 5.74) is 0.176. The van der Waals surface area contributed by atoms with Gasteiger partial charge in [-0.15, -0.1) is 0 Å². The molecule has 0 aliphatic rings. The van der Waals surface area contributed by atoms with Gasteiger partial charge in [0.1, 0.15) is 0 Å². The van der Waals surface area contributed by atoms with Crippen LogP contribution in [0.15, 0.2) is 24.3 Å². The minimum Gasteiger partial charge on any atom is -0.388 e. The Bertz CT molecular complexity index is 311. The summed E-state index contributed by atoms with van der Waals surface area (Å²) < 4.78 is 35.7. The van der Waals surface area contributed by atoms with Crippen LogP contribution in [0.25, 0.3) is 0 Å². The highest BCUT2D eigenvalue weighted by molar-refractivity contribution is 6.30. The molecule has 1 aromatic carbocycles. The Labute approximate surface area is 84.1 Å². The van der Waals surface area contributed by atoms with E-state index in [4.69, 9.17) is 11.6 Å². The molecule has 0 spiro atoms. The average Bonchev–Trinajstić information content (AvgIpc) is 2.01. The third-order valence-electron chi connectivity index (χ3n) is 1.66. The molecule has 0 amide bonds. The molecule has 1 N–H and O–H groups in total. The molecule has 0 fully saturated rings. The second kappa shape index (κ2) is 4.19. The number of alkyl halides is 3. The van der Waals surface area contributed by atoms with E-state index >= 15 is 0 Å². The van der Waals surface area contributed by atoms with Crippen LogP contribution in [-0.2, 0) is 0 Å². The van der Waals surface area contributed by atoms with E-state index in [-0.39, 0.29) is 5.56 Å². The van der Waals surface area contributed by atoms with E-state index in [1.165, 1.54) is 24.3 Å². The average molecular weight is 225 g/mol. The van der Waals surface area contributed by atoms with Gasteiger partial charge in [-0.25, -0.2) is 0 Å². The van der Waals surface area contributed by atoms with E-state index in [1.807, 2.05) is 0 Å². The first-order chi connectivity index (χ1) is 6.38. The fourth-order valence-corrected chi connectivity index (χ4v) is 1.25. The van der Waals surface area contributed by atoms with Gasteiger partial charge >= 0.3 is 6.18 Å². The van der Waals surface area contributed by atoms with E-state index in [9.17, 15) is 18.3 Å². The van der Waals surface area contributed by atoms with Gasteiger partial charge in [0.25, 0.3) is 0 Å². The molecule has 0 heterocycles. The SMILES string of the molecule is OC(CC(F)(F)F)c1cccc(Cl)c1. The summed E-state index contributed by atoms with van der Waals surface area (Å²) in [7, 11) is 0. The number of hydrogen-bond acceptors (Lipinski definition) is 1. The van der Waals surface area contributed by atoms with E-state index in [0.717, 1.165) is 0 Å². The highest BCUT2D eigenvalue weighted by atomic mass is 35.5. The highest BCUT2D eigenvalue weighted by Gasteiger charge is 2.31. The van der Waals surface area contributed by atoms with Crippen LogP contribution in [0.5, 0.6) is 0 Å². The van der Waals surface area contributed by atoms with Crippen LogP contribution < -0.4 is 0 Å². The summed E-state index contributed by atoms with van der Waals surface area (Å²) >= 11 is 5.57. The molecule has 0 saturated carbocycles. The van der Waals surface area contributed by atoms with Crippen LogP contribution in [0.3, 0.4) is 0 Å². The van der Waals surface area contributed by atoms with Crippen LogP contribution in [0.4, 0.5) is 13.2 Å². The van der Waals surface area contributed by atoms with Crippen molar-refractivity contribution in [3.8, 4) is 0 Å². The van der Waals surface area contributed by atoms with Crippen molar-refractivity contribution in [3.05, 3.63) is 34.9 Å². The molecule has 0 aromatic heterocycles. The van der Waals surface area contributed by atoms with Gasteiger partial charge in [-0.2, -0.15) is 13.2 Å². The first-order valence-corrected chi connectivity index (χ1v) is 4.26. The molecular weight excluding hydrogens is 217 g/mol. The summed E-state index contributed by atoms with van der Waals surface area (Å²) in [6.07, 6.45) is -7.18. The second-order valence-corrected chi connectivity index (χ2v) is 3.33. The first-order valence-electron chi connectivity index (χ1n) is 3.89. The van der Waals surface area contributed by atoms with Gasteiger partial charge < -0.3 is 5.11 Å². The van der Waals surface area contributed by atoms with Gasteiger partial charge in [0, 0.05) is 5.02 Å². The van der Waals surface area contributed by atoms with Crippen LogP contribution in [0.2, 0.25) is 5.02 Å². The molecule has 0 aliphatic carbocycles. The van der Waals surface area contributed by atoms with Gasteiger partial charge in [-0.3, -0.25) is 0 Å². The number of aliphatic hydroxyl groups is 1. The zero-order valence-electron chi connectivity index (χ0n) is 7.05. The standard InChI is InChI=1S/C9H8ClF3O/c10-7-3-1-2-6(4-7)8(14)5-9(11,12)13/h1-4,8,14H,5H2. The fraction of sp³-hybridized carbons (Fsp3) is 0.333. The lowest BCUT2D eigenvalue weighted by Gasteiger charge is -2.13. The number of aliphatic hydroxyl groups excluding tert-OH is 1. The number of benzene rings is 1. The lowest BCUT2D eigenvalue weighted by Crippen LogP contribution is -2.13. The monoisotopic (exact) mass is 224 g/mol. The third kappa shape index (κ3) is 3.55. The molecule has 1 unspecified atom stereocenters. The maximum Gasteiger partial charge on any atom is 0.391 e. The molecule has 78 valence electrons. The van der Waals surface area contributed by atoms with E-state index in [2.05, 4.69) is 0 Å². The molecule has 1 nitrogen and oxygen atoms in total.